The number of halogens is 4. The zero-order chi connectivity index (χ0) is 33.5. The van der Waals surface area contributed by atoms with Gasteiger partial charge in [0.05, 0.1) is 41.3 Å². The quantitative estimate of drug-likeness (QED) is 0.152. The molecule has 13 heteroatoms. The van der Waals surface area contributed by atoms with Gasteiger partial charge in [-0.2, -0.15) is 0 Å². The summed E-state index contributed by atoms with van der Waals surface area (Å²) in [5.74, 6) is 0.357. The van der Waals surface area contributed by atoms with Crippen molar-refractivity contribution in [2.24, 2.45) is 15.9 Å². The molecule has 2 aliphatic heterocycles. The minimum atomic E-state index is -2.74. The number of anilines is 1. The SMILES string of the molecule is C=C(c1oc2ccccc2c1N=C(C)C(F)F)N1C[C@@H](OC(=NC)N(c2ccc(Cl)cc2Cl)[C@@H]2CCOCC2C)C[C@H]1C=O.CO. The van der Waals surface area contributed by atoms with Crippen molar-refractivity contribution in [1.29, 1.82) is 0 Å². The maximum atomic E-state index is 13.5. The van der Waals surface area contributed by atoms with E-state index in [4.69, 9.17) is 42.2 Å². The second-order valence-electron chi connectivity index (χ2n) is 11.0. The Hall–Kier alpha value is -3.51. The number of carbonyl (C=O) groups is 1. The van der Waals surface area contributed by atoms with E-state index in [1.54, 1.807) is 48.3 Å². The number of para-hydroxylation sites is 1. The van der Waals surface area contributed by atoms with Crippen molar-refractivity contribution < 1.29 is 32.6 Å². The lowest BCUT2D eigenvalue weighted by molar-refractivity contribution is -0.110. The number of hydrogen-bond acceptors (Lipinski definition) is 8. The highest BCUT2D eigenvalue weighted by Gasteiger charge is 2.39. The molecule has 0 amide bonds. The number of furan rings is 1. The minimum absolute atomic E-state index is 0.0236. The van der Waals surface area contributed by atoms with Gasteiger partial charge in [-0.25, -0.2) is 18.8 Å². The Morgan fingerprint density at radius 1 is 1.24 bits per heavy atom. The number of ether oxygens (including phenoxy) is 2. The number of alkyl halides is 2. The number of benzene rings is 2. The molecule has 2 fully saturated rings. The molecule has 0 radical (unpaired) electrons. The third kappa shape index (κ3) is 7.54. The third-order valence-electron chi connectivity index (χ3n) is 8.01. The van der Waals surface area contributed by atoms with Gasteiger partial charge in [0.15, 0.2) is 5.76 Å². The molecule has 1 aromatic heterocycles. The smallest absolute Gasteiger partial charge is 0.292 e. The van der Waals surface area contributed by atoms with E-state index < -0.39 is 18.6 Å². The molecule has 2 saturated heterocycles. The van der Waals surface area contributed by atoms with Crippen LogP contribution in [0.3, 0.4) is 0 Å². The summed E-state index contributed by atoms with van der Waals surface area (Å²) in [6, 6.07) is 12.0. The number of rotatable bonds is 8. The molecule has 0 saturated carbocycles. The summed E-state index contributed by atoms with van der Waals surface area (Å²) in [4.78, 5) is 24.8. The molecule has 9 nitrogen and oxygen atoms in total. The van der Waals surface area contributed by atoms with Crippen molar-refractivity contribution in [3.8, 4) is 0 Å². The summed E-state index contributed by atoms with van der Waals surface area (Å²) in [7, 11) is 2.64. The number of amidine groups is 1. The molecule has 0 spiro atoms. The number of aliphatic hydroxyl groups excluding tert-OH is 1. The highest BCUT2D eigenvalue weighted by Crippen LogP contribution is 2.41. The summed E-state index contributed by atoms with van der Waals surface area (Å²) >= 11 is 12.9. The Morgan fingerprint density at radius 3 is 2.63 bits per heavy atom. The van der Waals surface area contributed by atoms with Crippen molar-refractivity contribution in [3.63, 3.8) is 0 Å². The van der Waals surface area contributed by atoms with Crippen molar-refractivity contribution in [3.05, 3.63) is 64.8 Å². The van der Waals surface area contributed by atoms with E-state index in [0.29, 0.717) is 58.1 Å². The molecule has 4 atom stereocenters. The van der Waals surface area contributed by atoms with Crippen LogP contribution in [0.15, 0.2) is 63.4 Å². The maximum Gasteiger partial charge on any atom is 0.292 e. The monoisotopic (exact) mass is 678 g/mol. The molecule has 0 bridgehead atoms. The van der Waals surface area contributed by atoms with Crippen molar-refractivity contribution in [2.45, 2.75) is 51.3 Å². The zero-order valence-corrected chi connectivity index (χ0v) is 27.6. The maximum absolute atomic E-state index is 13.5. The Kier molecular flexibility index (Phi) is 12.2. The Morgan fingerprint density at radius 2 is 1.98 bits per heavy atom. The molecule has 46 heavy (non-hydrogen) atoms. The van der Waals surface area contributed by atoms with Crippen molar-refractivity contribution in [2.75, 3.05) is 38.8 Å². The van der Waals surface area contributed by atoms with E-state index >= 15 is 0 Å². The second kappa shape index (κ2) is 15.9. The Bertz CT molecular complexity index is 1600. The molecule has 248 valence electrons. The van der Waals surface area contributed by atoms with Crippen LogP contribution in [-0.2, 0) is 14.3 Å². The van der Waals surface area contributed by atoms with Crippen LogP contribution in [0.5, 0.6) is 0 Å². The van der Waals surface area contributed by atoms with E-state index in [1.165, 1.54) is 6.92 Å². The van der Waals surface area contributed by atoms with E-state index in [1.807, 2.05) is 11.0 Å². The number of carbonyl (C=O) groups excluding carboxylic acids is 1. The summed E-state index contributed by atoms with van der Waals surface area (Å²) in [6.45, 7) is 8.98. The number of nitrogens with zero attached hydrogens (tertiary/aromatic N) is 4. The average Bonchev–Trinajstić information content (AvgIpc) is 3.64. The minimum Gasteiger partial charge on any atom is -0.460 e. The molecule has 2 aromatic carbocycles. The first kappa shape index (κ1) is 35.3. The zero-order valence-electron chi connectivity index (χ0n) is 26.1. The van der Waals surface area contributed by atoms with Crippen LogP contribution in [0.1, 0.15) is 32.4 Å². The van der Waals surface area contributed by atoms with E-state index in [9.17, 15) is 13.6 Å². The number of aliphatic imine (C=N–C) groups is 2. The predicted molar refractivity (Wildman–Crippen MR) is 179 cm³/mol. The fraction of sp³-hybridized carbons (Fsp3) is 0.424. The molecule has 3 heterocycles. The normalized spacial score (nSPS) is 22.1. The van der Waals surface area contributed by atoms with Crippen LogP contribution in [0.2, 0.25) is 10.0 Å². The first-order valence-corrected chi connectivity index (χ1v) is 15.5. The molecular weight excluding hydrogens is 641 g/mol. The van der Waals surface area contributed by atoms with Crippen LogP contribution in [0.25, 0.3) is 16.7 Å². The number of hydrogen-bond donors (Lipinski definition) is 1. The Balaban J connectivity index is 0.00000235. The summed E-state index contributed by atoms with van der Waals surface area (Å²) < 4.78 is 45.3. The van der Waals surface area contributed by atoms with Crippen molar-refractivity contribution >= 4 is 69.3 Å². The molecule has 2 aliphatic rings. The van der Waals surface area contributed by atoms with E-state index in [2.05, 4.69) is 23.5 Å². The largest absolute Gasteiger partial charge is 0.460 e. The number of fused-ring (bicyclic) bond motifs is 1. The van der Waals surface area contributed by atoms with Gasteiger partial charge in [0, 0.05) is 49.6 Å². The van der Waals surface area contributed by atoms with Crippen LogP contribution in [0.4, 0.5) is 20.2 Å². The lowest BCUT2D eigenvalue weighted by atomic mass is 9.95. The van der Waals surface area contributed by atoms with Gasteiger partial charge in [-0.1, -0.05) is 48.8 Å². The fourth-order valence-corrected chi connectivity index (χ4v) is 6.26. The molecule has 3 aromatic rings. The van der Waals surface area contributed by atoms with Gasteiger partial charge >= 0.3 is 0 Å². The Labute approximate surface area is 277 Å². The topological polar surface area (TPSA) is 100 Å². The highest BCUT2D eigenvalue weighted by atomic mass is 35.5. The lowest BCUT2D eigenvalue weighted by Gasteiger charge is -2.40. The summed E-state index contributed by atoms with van der Waals surface area (Å²) in [6.07, 6.45) is -1.33. The first-order chi connectivity index (χ1) is 22.1. The fourth-order valence-electron chi connectivity index (χ4n) is 5.76. The highest BCUT2D eigenvalue weighted by molar-refractivity contribution is 6.36. The standard InChI is InChI=1S/C32H34Cl2F2N4O4.CH4O/c1-18-17-42-12-11-26(18)40(27-10-9-21(33)13-25(27)34)32(37-4)43-23-14-22(16-41)39(15-23)20(3)30-29(38-19(2)31(35)36)24-7-5-6-8-28(24)44-30;1-2/h5-10,13,16,18,22-23,26,31H,3,11-12,14-15,17H2,1-2,4H3;2H,1H3/t18?,22-,23-,26+;/m0./s1. The summed E-state index contributed by atoms with van der Waals surface area (Å²) in [5, 5.41) is 8.52. The van der Waals surface area contributed by atoms with Crippen LogP contribution in [-0.4, -0.2) is 86.6 Å². The molecule has 1 unspecified atom stereocenters. The van der Waals surface area contributed by atoms with Gasteiger partial charge in [-0.05, 0) is 43.7 Å². The second-order valence-corrected chi connectivity index (χ2v) is 11.8. The molecule has 0 aliphatic carbocycles. The molecule has 5 rings (SSSR count). The van der Waals surface area contributed by atoms with Gasteiger partial charge in [-0.15, -0.1) is 0 Å². The van der Waals surface area contributed by atoms with Gasteiger partial charge in [-0.3, -0.25) is 4.90 Å². The van der Waals surface area contributed by atoms with Crippen LogP contribution in [0, 0.1) is 5.92 Å². The van der Waals surface area contributed by atoms with Gasteiger partial charge < -0.3 is 28.7 Å². The van der Waals surface area contributed by atoms with E-state index in [0.717, 1.165) is 19.8 Å². The molecule has 1 N–H and O–H groups in total. The van der Waals surface area contributed by atoms with Crippen LogP contribution >= 0.6 is 23.2 Å². The number of aldehydes is 1. The van der Waals surface area contributed by atoms with E-state index in [-0.39, 0.29) is 35.7 Å². The number of aliphatic hydroxyl groups is 1. The van der Waals surface area contributed by atoms with Gasteiger partial charge in [0.2, 0.25) is 0 Å². The van der Waals surface area contributed by atoms with Gasteiger partial charge in [0.25, 0.3) is 12.4 Å². The summed E-state index contributed by atoms with van der Waals surface area (Å²) in [5.41, 5.74) is 1.40. The van der Waals surface area contributed by atoms with Crippen LogP contribution < -0.4 is 4.90 Å². The first-order valence-electron chi connectivity index (χ1n) is 14.8. The third-order valence-corrected chi connectivity index (χ3v) is 8.55. The van der Waals surface area contributed by atoms with Crippen molar-refractivity contribution in [1.82, 2.24) is 4.90 Å². The number of likely N-dealkylation sites (tertiary alicyclic amines) is 1. The predicted octanol–water partition coefficient (Wildman–Crippen LogP) is 7.25. The molecular formula is C33H38Cl2F2N4O5. The van der Waals surface area contributed by atoms with Gasteiger partial charge in [0.1, 0.15) is 23.7 Å². The lowest BCUT2D eigenvalue weighted by Crippen LogP contribution is -2.50. The average molecular weight is 680 g/mol.